The highest BCUT2D eigenvalue weighted by Gasteiger charge is 2.30. The first-order valence-electron chi connectivity index (χ1n) is 14.5. The Hall–Kier alpha value is -5.42. The predicted octanol–water partition coefficient (Wildman–Crippen LogP) is 3.02. The topological polar surface area (TPSA) is 147 Å². The number of hydrogen-bond acceptors (Lipinski definition) is 9. The summed E-state index contributed by atoms with van der Waals surface area (Å²) in [5, 5.41) is 12.3. The minimum Gasteiger partial charge on any atom is -0.451 e. The Morgan fingerprint density at radius 1 is 1.02 bits per heavy atom. The standard InChI is InChI=1S/C34H33FN4O6/c1-21(2)33(39-34(44)32-17-24-15-25(35)8-9-31(24)45-32)30(20-43)38-27(14-22-6-4-3-5-7-22)29(19-42)37-26(11-13-40)16-23-10-12-36-28(23)18-41/h3-9,11,15,17,21,23,26-27,33,36-38H,10,12,14,16H2,1-2H3,(H,39,44)/t23-,26+,27-,33-/m0/s1. The molecule has 10 nitrogen and oxygen atoms in total. The van der Waals surface area contributed by atoms with Crippen LogP contribution in [0.4, 0.5) is 4.39 Å². The van der Waals surface area contributed by atoms with Crippen LogP contribution in [0.1, 0.15) is 42.8 Å². The zero-order valence-electron chi connectivity index (χ0n) is 24.8. The molecular formula is C34H33FN4O6. The molecule has 3 aromatic rings. The summed E-state index contributed by atoms with van der Waals surface area (Å²) >= 11 is 0. The van der Waals surface area contributed by atoms with Crippen molar-refractivity contribution in [2.75, 3.05) is 6.54 Å². The quantitative estimate of drug-likeness (QED) is 0.202. The van der Waals surface area contributed by atoms with Crippen LogP contribution in [-0.4, -0.2) is 54.3 Å². The fourth-order valence-electron chi connectivity index (χ4n) is 5.34. The van der Waals surface area contributed by atoms with Gasteiger partial charge in [0, 0.05) is 23.9 Å². The van der Waals surface area contributed by atoms with Gasteiger partial charge in [-0.05, 0) is 55.0 Å². The van der Waals surface area contributed by atoms with Crippen LogP contribution in [0, 0.1) is 17.7 Å². The van der Waals surface area contributed by atoms with E-state index in [4.69, 9.17) is 4.42 Å². The lowest BCUT2D eigenvalue weighted by molar-refractivity contribution is 0.0906. The lowest BCUT2D eigenvalue weighted by Crippen LogP contribution is -2.49. The van der Waals surface area contributed by atoms with E-state index in [0.717, 1.165) is 5.56 Å². The number of rotatable bonds is 14. The largest absolute Gasteiger partial charge is 0.451 e. The molecule has 4 N–H and O–H groups in total. The molecule has 0 saturated carbocycles. The number of benzene rings is 2. The molecule has 0 unspecified atom stereocenters. The molecule has 1 aromatic heterocycles. The molecule has 1 fully saturated rings. The molecule has 2 aromatic carbocycles. The van der Waals surface area contributed by atoms with Crippen molar-refractivity contribution in [1.82, 2.24) is 21.3 Å². The van der Waals surface area contributed by atoms with Crippen LogP contribution in [0.3, 0.4) is 0 Å². The van der Waals surface area contributed by atoms with Gasteiger partial charge >= 0.3 is 0 Å². The maximum absolute atomic E-state index is 13.7. The van der Waals surface area contributed by atoms with E-state index in [1.165, 1.54) is 30.3 Å². The number of fused-ring (bicyclic) bond motifs is 1. The van der Waals surface area contributed by atoms with E-state index >= 15 is 0 Å². The van der Waals surface area contributed by atoms with Crippen molar-refractivity contribution < 1.29 is 32.8 Å². The van der Waals surface area contributed by atoms with E-state index in [1.54, 1.807) is 19.8 Å². The van der Waals surface area contributed by atoms with Crippen LogP contribution < -0.4 is 21.3 Å². The summed E-state index contributed by atoms with van der Waals surface area (Å²) < 4.78 is 19.3. The third-order valence-electron chi connectivity index (χ3n) is 7.62. The zero-order chi connectivity index (χ0) is 32.3. The number of carbonyl (C=O) groups is 1. The second kappa shape index (κ2) is 15.3. The van der Waals surface area contributed by atoms with E-state index < -0.39 is 29.8 Å². The lowest BCUT2D eigenvalue weighted by atomic mass is 9.95. The van der Waals surface area contributed by atoms with Gasteiger partial charge in [0.05, 0.1) is 23.8 Å². The molecule has 0 radical (unpaired) electrons. The van der Waals surface area contributed by atoms with Crippen LogP contribution in [-0.2, 0) is 25.6 Å². The number of allylic oxidation sites excluding steroid dienone is 1. The Balaban J connectivity index is 1.59. The van der Waals surface area contributed by atoms with Crippen LogP contribution in [0.2, 0.25) is 0 Å². The van der Waals surface area contributed by atoms with Gasteiger partial charge in [0.25, 0.3) is 5.91 Å². The molecule has 45 heavy (non-hydrogen) atoms. The minimum atomic E-state index is -0.887. The van der Waals surface area contributed by atoms with Crippen molar-refractivity contribution in [3.8, 4) is 0 Å². The van der Waals surface area contributed by atoms with Crippen molar-refractivity contribution in [3.63, 3.8) is 0 Å². The van der Waals surface area contributed by atoms with Crippen LogP contribution >= 0.6 is 0 Å². The molecule has 232 valence electrons. The van der Waals surface area contributed by atoms with E-state index in [0.29, 0.717) is 36.1 Å². The van der Waals surface area contributed by atoms with E-state index in [1.807, 2.05) is 48.2 Å². The normalized spacial score (nSPS) is 15.8. The Morgan fingerprint density at radius 3 is 2.44 bits per heavy atom. The summed E-state index contributed by atoms with van der Waals surface area (Å²) in [7, 11) is 0. The number of carbonyl (C=O) groups excluding carboxylic acids is 5. The average Bonchev–Trinajstić information content (AvgIpc) is 3.67. The molecule has 1 saturated heterocycles. The highest BCUT2D eigenvalue weighted by molar-refractivity contribution is 5.96. The first kappa shape index (κ1) is 32.5. The maximum Gasteiger partial charge on any atom is 0.287 e. The van der Waals surface area contributed by atoms with Crippen molar-refractivity contribution in [2.24, 2.45) is 11.8 Å². The molecule has 0 aliphatic carbocycles. The second-order valence-electron chi connectivity index (χ2n) is 11.1. The molecule has 1 aliphatic heterocycles. The zero-order valence-corrected chi connectivity index (χ0v) is 24.8. The van der Waals surface area contributed by atoms with Gasteiger partial charge in [0.15, 0.2) is 5.76 Å². The van der Waals surface area contributed by atoms with Crippen molar-refractivity contribution in [1.29, 1.82) is 0 Å². The van der Waals surface area contributed by atoms with Crippen molar-refractivity contribution in [3.05, 3.63) is 94.9 Å². The Labute approximate surface area is 259 Å². The van der Waals surface area contributed by atoms with Gasteiger partial charge in [0.1, 0.15) is 46.6 Å². The van der Waals surface area contributed by atoms with E-state index in [2.05, 4.69) is 21.3 Å². The molecule has 4 atom stereocenters. The Bertz CT molecular complexity index is 1730. The molecule has 11 heteroatoms. The second-order valence-corrected chi connectivity index (χ2v) is 11.1. The lowest BCUT2D eigenvalue weighted by Gasteiger charge is -2.29. The molecule has 1 aliphatic rings. The number of halogens is 1. The van der Waals surface area contributed by atoms with Gasteiger partial charge in [0.2, 0.25) is 0 Å². The van der Waals surface area contributed by atoms with Gasteiger partial charge in [-0.1, -0.05) is 44.2 Å². The highest BCUT2D eigenvalue weighted by Crippen LogP contribution is 2.24. The predicted molar refractivity (Wildman–Crippen MR) is 165 cm³/mol. The van der Waals surface area contributed by atoms with Gasteiger partial charge in [-0.3, -0.25) is 4.79 Å². The number of furan rings is 1. The third-order valence-corrected chi connectivity index (χ3v) is 7.62. The van der Waals surface area contributed by atoms with Crippen LogP contribution in [0.15, 0.2) is 82.2 Å². The van der Waals surface area contributed by atoms with Gasteiger partial charge in [-0.15, -0.1) is 0 Å². The van der Waals surface area contributed by atoms with Gasteiger partial charge in [-0.25, -0.2) is 23.6 Å². The monoisotopic (exact) mass is 612 g/mol. The smallest absolute Gasteiger partial charge is 0.287 e. The third kappa shape index (κ3) is 8.36. The molecule has 2 heterocycles. The number of nitrogens with one attached hydrogen (secondary N) is 4. The number of amides is 1. The summed E-state index contributed by atoms with van der Waals surface area (Å²) in [6.45, 7) is 4.16. The van der Waals surface area contributed by atoms with Gasteiger partial charge in [-0.2, -0.15) is 0 Å². The Kier molecular flexibility index (Phi) is 11.1. The van der Waals surface area contributed by atoms with Crippen molar-refractivity contribution in [2.45, 2.75) is 51.2 Å². The average molecular weight is 613 g/mol. The van der Waals surface area contributed by atoms with Crippen LogP contribution in [0.25, 0.3) is 11.0 Å². The summed E-state index contributed by atoms with van der Waals surface area (Å²) in [5.41, 5.74) is 1.52. The fourth-order valence-corrected chi connectivity index (χ4v) is 5.34. The van der Waals surface area contributed by atoms with E-state index in [9.17, 15) is 28.4 Å². The van der Waals surface area contributed by atoms with Crippen LogP contribution in [0.5, 0.6) is 0 Å². The summed E-state index contributed by atoms with van der Waals surface area (Å²) in [4.78, 5) is 60.7. The molecule has 4 rings (SSSR count). The SMILES string of the molecule is CC(C)[C@H](NC(=O)c1cc2cc(F)ccc2o1)C(=C=O)N[C@@H](Cc1ccccc1)C(=C=O)N[C@H](C=C=O)C[C@@H]1CCNC1=C=O. The summed E-state index contributed by atoms with van der Waals surface area (Å²) in [6.07, 6.45) is 2.40. The summed E-state index contributed by atoms with van der Waals surface area (Å²) in [5.74, 6) is 5.73. The maximum atomic E-state index is 13.7. The van der Waals surface area contributed by atoms with E-state index in [-0.39, 0.29) is 35.4 Å². The highest BCUT2D eigenvalue weighted by atomic mass is 19.1. The molecule has 0 spiro atoms. The fraction of sp³-hybridized carbons (Fsp3) is 0.324. The first-order chi connectivity index (χ1) is 21.8. The van der Waals surface area contributed by atoms with Crippen molar-refractivity contribution >= 4 is 40.6 Å². The Morgan fingerprint density at radius 2 is 1.78 bits per heavy atom. The minimum absolute atomic E-state index is 0.0128. The number of hydrogen-bond donors (Lipinski definition) is 4. The van der Waals surface area contributed by atoms with Gasteiger partial charge < -0.3 is 25.7 Å². The molecule has 1 amide bonds. The summed E-state index contributed by atoms with van der Waals surface area (Å²) in [6, 6.07) is 12.0. The molecule has 0 bridgehead atoms. The first-order valence-corrected chi connectivity index (χ1v) is 14.5. The molecular weight excluding hydrogens is 579 g/mol.